The minimum Gasteiger partial charge on any atom is -0.383 e. The van der Waals surface area contributed by atoms with Crippen LogP contribution in [0.1, 0.15) is 12.8 Å². The number of nitrogens with zero attached hydrogens (tertiary/aromatic N) is 2. The lowest BCUT2D eigenvalue weighted by molar-refractivity contribution is 0.173. The zero-order valence-corrected chi connectivity index (χ0v) is 7.79. The monoisotopic (exact) mass is 171 g/mol. The first kappa shape index (κ1) is 9.32. The molecule has 0 bridgehead atoms. The van der Waals surface area contributed by atoms with E-state index in [1.165, 1.54) is 12.8 Å². The van der Waals surface area contributed by atoms with Gasteiger partial charge in [0.2, 0.25) is 0 Å². The second kappa shape index (κ2) is 4.30. The van der Waals surface area contributed by atoms with Crippen molar-refractivity contribution in [2.75, 3.05) is 27.3 Å². The summed E-state index contributed by atoms with van der Waals surface area (Å²) in [5.74, 6) is 0.634. The van der Waals surface area contributed by atoms with Gasteiger partial charge in [-0.15, -0.1) is 0 Å². The first-order valence-electron chi connectivity index (χ1n) is 4.27. The predicted molar refractivity (Wildman–Crippen MR) is 49.2 cm³/mol. The van der Waals surface area contributed by atoms with E-state index in [0.29, 0.717) is 18.6 Å². The third-order valence-electron chi connectivity index (χ3n) is 2.05. The Morgan fingerprint density at radius 3 is 2.75 bits per heavy atom. The third kappa shape index (κ3) is 2.37. The van der Waals surface area contributed by atoms with Gasteiger partial charge in [-0.2, -0.15) is 0 Å². The van der Waals surface area contributed by atoms with Crippen LogP contribution in [0.4, 0.5) is 0 Å². The fraction of sp³-hybridized carbons (Fsp3) is 0.875. The fourth-order valence-electron chi connectivity index (χ4n) is 1.19. The number of nitrogens with two attached hydrogens (primary N) is 1. The molecule has 0 atom stereocenters. The second-order valence-electron chi connectivity index (χ2n) is 3.00. The highest BCUT2D eigenvalue weighted by Gasteiger charge is 2.29. The zero-order chi connectivity index (χ0) is 8.97. The fourth-order valence-corrected chi connectivity index (χ4v) is 1.19. The van der Waals surface area contributed by atoms with Crippen LogP contribution in [-0.4, -0.2) is 44.2 Å². The molecule has 4 nitrogen and oxygen atoms in total. The van der Waals surface area contributed by atoms with Crippen LogP contribution in [0.2, 0.25) is 0 Å². The molecule has 1 aliphatic carbocycles. The molecule has 70 valence electrons. The van der Waals surface area contributed by atoms with Gasteiger partial charge in [-0.05, 0) is 12.8 Å². The third-order valence-corrected chi connectivity index (χ3v) is 2.05. The van der Waals surface area contributed by atoms with Gasteiger partial charge in [-0.1, -0.05) is 0 Å². The molecule has 0 heterocycles. The first-order valence-corrected chi connectivity index (χ1v) is 4.27. The van der Waals surface area contributed by atoms with E-state index in [1.807, 2.05) is 0 Å². The van der Waals surface area contributed by atoms with Gasteiger partial charge in [0, 0.05) is 26.7 Å². The molecule has 1 aliphatic rings. The van der Waals surface area contributed by atoms with Crippen LogP contribution >= 0.6 is 0 Å². The van der Waals surface area contributed by atoms with Crippen LogP contribution < -0.4 is 5.73 Å². The van der Waals surface area contributed by atoms with Crippen molar-refractivity contribution in [2.24, 2.45) is 10.7 Å². The SMILES string of the molecule is CN=C(N)N(CCOC)C1CC1. The Morgan fingerprint density at radius 2 is 2.33 bits per heavy atom. The van der Waals surface area contributed by atoms with Crippen molar-refractivity contribution in [3.8, 4) is 0 Å². The van der Waals surface area contributed by atoms with Gasteiger partial charge < -0.3 is 15.4 Å². The van der Waals surface area contributed by atoms with Crippen molar-refractivity contribution in [2.45, 2.75) is 18.9 Å². The van der Waals surface area contributed by atoms with Crippen molar-refractivity contribution >= 4 is 5.96 Å². The maximum Gasteiger partial charge on any atom is 0.191 e. The van der Waals surface area contributed by atoms with Crippen molar-refractivity contribution in [1.82, 2.24) is 4.90 Å². The van der Waals surface area contributed by atoms with Gasteiger partial charge in [0.15, 0.2) is 5.96 Å². The van der Waals surface area contributed by atoms with Crippen molar-refractivity contribution in [1.29, 1.82) is 0 Å². The van der Waals surface area contributed by atoms with Crippen LogP contribution in [0.5, 0.6) is 0 Å². The van der Waals surface area contributed by atoms with E-state index in [-0.39, 0.29) is 0 Å². The van der Waals surface area contributed by atoms with Gasteiger partial charge in [0.05, 0.1) is 6.61 Å². The van der Waals surface area contributed by atoms with E-state index in [4.69, 9.17) is 10.5 Å². The molecule has 0 saturated heterocycles. The predicted octanol–water partition coefficient (Wildman–Crippen LogP) is 0.0417. The van der Waals surface area contributed by atoms with Gasteiger partial charge in [0.1, 0.15) is 0 Å². The molecule has 0 aromatic heterocycles. The summed E-state index contributed by atoms with van der Waals surface area (Å²) >= 11 is 0. The molecule has 2 N–H and O–H groups in total. The number of hydrogen-bond donors (Lipinski definition) is 1. The molecule has 1 saturated carbocycles. The molecule has 0 unspecified atom stereocenters. The minimum absolute atomic E-state index is 0.615. The zero-order valence-electron chi connectivity index (χ0n) is 7.79. The molecule has 0 aromatic rings. The Hall–Kier alpha value is -0.770. The maximum atomic E-state index is 5.72. The average molecular weight is 171 g/mol. The Morgan fingerprint density at radius 1 is 1.67 bits per heavy atom. The summed E-state index contributed by atoms with van der Waals surface area (Å²) in [6.07, 6.45) is 2.47. The normalized spacial score (nSPS) is 18.0. The van der Waals surface area contributed by atoms with Gasteiger partial charge >= 0.3 is 0 Å². The molecule has 4 heteroatoms. The Kier molecular flexibility index (Phi) is 3.34. The number of hydrogen-bond acceptors (Lipinski definition) is 2. The van der Waals surface area contributed by atoms with E-state index < -0.39 is 0 Å². The molecule has 0 aliphatic heterocycles. The summed E-state index contributed by atoms with van der Waals surface area (Å²) in [7, 11) is 3.42. The smallest absolute Gasteiger partial charge is 0.191 e. The molecular weight excluding hydrogens is 154 g/mol. The molecule has 0 aromatic carbocycles. The Balaban J connectivity index is 2.37. The molecule has 1 rings (SSSR count). The molecule has 0 spiro atoms. The lowest BCUT2D eigenvalue weighted by Crippen LogP contribution is -2.40. The number of guanidine groups is 1. The van der Waals surface area contributed by atoms with Crippen molar-refractivity contribution in [3.63, 3.8) is 0 Å². The number of ether oxygens (including phenoxy) is 1. The number of aliphatic imine (C=N–C) groups is 1. The first-order chi connectivity index (χ1) is 5.79. The number of rotatable bonds is 4. The van der Waals surface area contributed by atoms with E-state index in [9.17, 15) is 0 Å². The maximum absolute atomic E-state index is 5.72. The Labute approximate surface area is 73.4 Å². The Bertz CT molecular complexity index is 166. The lowest BCUT2D eigenvalue weighted by Gasteiger charge is -2.22. The lowest BCUT2D eigenvalue weighted by atomic mass is 10.5. The minimum atomic E-state index is 0.615. The second-order valence-corrected chi connectivity index (χ2v) is 3.00. The van der Waals surface area contributed by atoms with E-state index in [1.54, 1.807) is 14.2 Å². The van der Waals surface area contributed by atoms with E-state index in [2.05, 4.69) is 9.89 Å². The van der Waals surface area contributed by atoms with Gasteiger partial charge in [-0.25, -0.2) is 0 Å². The quantitative estimate of drug-likeness (QED) is 0.480. The summed E-state index contributed by atoms with van der Waals surface area (Å²) in [4.78, 5) is 6.08. The van der Waals surface area contributed by atoms with Crippen LogP contribution in [-0.2, 0) is 4.74 Å². The highest BCUT2D eigenvalue weighted by Crippen LogP contribution is 2.26. The molecule has 12 heavy (non-hydrogen) atoms. The van der Waals surface area contributed by atoms with Gasteiger partial charge in [-0.3, -0.25) is 4.99 Å². The van der Waals surface area contributed by atoms with Crippen LogP contribution in [0, 0.1) is 0 Å². The van der Waals surface area contributed by atoms with Crippen molar-refractivity contribution in [3.05, 3.63) is 0 Å². The largest absolute Gasteiger partial charge is 0.383 e. The summed E-state index contributed by atoms with van der Waals surface area (Å²) in [6.45, 7) is 1.57. The van der Waals surface area contributed by atoms with E-state index in [0.717, 1.165) is 6.54 Å². The van der Waals surface area contributed by atoms with Crippen molar-refractivity contribution < 1.29 is 4.74 Å². The van der Waals surface area contributed by atoms with Gasteiger partial charge in [0.25, 0.3) is 0 Å². The summed E-state index contributed by atoms with van der Waals surface area (Å²) in [5.41, 5.74) is 5.72. The topological polar surface area (TPSA) is 50.8 Å². The number of methoxy groups -OCH3 is 1. The highest BCUT2D eigenvalue weighted by atomic mass is 16.5. The molecule has 0 amide bonds. The van der Waals surface area contributed by atoms with E-state index >= 15 is 0 Å². The standard InChI is InChI=1S/C8H17N3O/c1-10-8(9)11(5-6-12-2)7-3-4-7/h7H,3-6H2,1-2H3,(H2,9,10). The highest BCUT2D eigenvalue weighted by molar-refractivity contribution is 5.78. The van der Waals surface area contributed by atoms with Crippen LogP contribution in [0.25, 0.3) is 0 Å². The summed E-state index contributed by atoms with van der Waals surface area (Å²) < 4.78 is 4.99. The average Bonchev–Trinajstić information content (AvgIpc) is 2.88. The summed E-state index contributed by atoms with van der Waals surface area (Å²) in [6, 6.07) is 0.615. The molecule has 0 radical (unpaired) electrons. The van der Waals surface area contributed by atoms with Crippen LogP contribution in [0.15, 0.2) is 4.99 Å². The molecular formula is C8H17N3O. The van der Waals surface area contributed by atoms with Crippen LogP contribution in [0.3, 0.4) is 0 Å². The summed E-state index contributed by atoms with van der Waals surface area (Å²) in [5, 5.41) is 0. The molecule has 1 fully saturated rings.